The van der Waals surface area contributed by atoms with Gasteiger partial charge in [-0.2, -0.15) is 0 Å². The maximum atomic E-state index is 13.1. The molecule has 27 heavy (non-hydrogen) atoms. The van der Waals surface area contributed by atoms with E-state index in [9.17, 15) is 9.59 Å². The quantitative estimate of drug-likeness (QED) is 0.805. The van der Waals surface area contributed by atoms with E-state index in [-0.39, 0.29) is 18.0 Å². The van der Waals surface area contributed by atoms with Crippen molar-refractivity contribution in [3.05, 3.63) is 35.9 Å². The molecule has 1 unspecified atom stereocenters. The number of amides is 3. The van der Waals surface area contributed by atoms with Gasteiger partial charge in [0, 0.05) is 39.3 Å². The summed E-state index contributed by atoms with van der Waals surface area (Å²) in [5.74, 6) is 0.564. The van der Waals surface area contributed by atoms with Crippen LogP contribution < -0.4 is 10.6 Å². The zero-order valence-corrected chi connectivity index (χ0v) is 16.3. The van der Waals surface area contributed by atoms with Gasteiger partial charge in [0.2, 0.25) is 5.91 Å². The molecule has 1 aliphatic carbocycles. The van der Waals surface area contributed by atoms with Crippen LogP contribution in [-0.2, 0) is 11.3 Å². The van der Waals surface area contributed by atoms with Gasteiger partial charge in [0.05, 0.1) is 6.04 Å². The number of piperazine rings is 1. The van der Waals surface area contributed by atoms with E-state index in [1.165, 1.54) is 12.8 Å². The van der Waals surface area contributed by atoms with E-state index in [1.807, 2.05) is 42.2 Å². The highest BCUT2D eigenvalue weighted by Crippen LogP contribution is 2.31. The minimum atomic E-state index is -0.0763. The summed E-state index contributed by atoms with van der Waals surface area (Å²) in [7, 11) is 0. The van der Waals surface area contributed by atoms with Crippen LogP contribution in [0.15, 0.2) is 30.3 Å². The van der Waals surface area contributed by atoms with Crippen molar-refractivity contribution in [1.29, 1.82) is 0 Å². The number of nitrogens with one attached hydrogen (secondary N) is 2. The summed E-state index contributed by atoms with van der Waals surface area (Å²) in [6, 6.07) is 9.98. The largest absolute Gasteiger partial charge is 0.351 e. The molecule has 1 atom stereocenters. The molecule has 1 saturated carbocycles. The molecule has 1 heterocycles. The van der Waals surface area contributed by atoms with Crippen molar-refractivity contribution in [1.82, 2.24) is 20.4 Å². The standard InChI is InChI=1S/C21H32N4O2/c1-2-22-21(27)25-14-12-24(13-15-25)19(18-10-6-7-11-18)20(26)23-16-17-8-4-3-5-9-17/h3-5,8-9,18-19H,2,6-7,10-16H2,1H3,(H,22,27)(H,23,26). The molecule has 6 heteroatoms. The molecule has 0 aromatic heterocycles. The minimum absolute atomic E-state index is 0.00287. The van der Waals surface area contributed by atoms with E-state index >= 15 is 0 Å². The summed E-state index contributed by atoms with van der Waals surface area (Å²) in [5.41, 5.74) is 1.12. The number of hydrogen-bond acceptors (Lipinski definition) is 3. The van der Waals surface area contributed by atoms with Crippen molar-refractivity contribution in [3.63, 3.8) is 0 Å². The Labute approximate surface area is 162 Å². The molecule has 1 aromatic carbocycles. The summed E-state index contributed by atoms with van der Waals surface area (Å²) in [5, 5.41) is 6.02. The van der Waals surface area contributed by atoms with Crippen molar-refractivity contribution in [2.24, 2.45) is 5.92 Å². The number of carbonyl (C=O) groups is 2. The molecule has 1 saturated heterocycles. The maximum Gasteiger partial charge on any atom is 0.317 e. The molecule has 1 aromatic rings. The average molecular weight is 373 g/mol. The van der Waals surface area contributed by atoms with Crippen molar-refractivity contribution < 1.29 is 9.59 Å². The molecule has 2 fully saturated rings. The fourth-order valence-corrected chi connectivity index (χ4v) is 4.31. The minimum Gasteiger partial charge on any atom is -0.351 e. The third kappa shape index (κ3) is 5.22. The SMILES string of the molecule is CCNC(=O)N1CCN(C(C(=O)NCc2ccccc2)C2CCCC2)CC1. The Hall–Kier alpha value is -2.08. The van der Waals surface area contributed by atoms with Crippen LogP contribution in [0, 0.1) is 5.92 Å². The zero-order valence-electron chi connectivity index (χ0n) is 16.3. The predicted octanol–water partition coefficient (Wildman–Crippen LogP) is 2.21. The van der Waals surface area contributed by atoms with Crippen LogP contribution >= 0.6 is 0 Å². The topological polar surface area (TPSA) is 64.7 Å². The van der Waals surface area contributed by atoms with Gasteiger partial charge in [-0.1, -0.05) is 43.2 Å². The first-order valence-corrected chi connectivity index (χ1v) is 10.3. The number of hydrogen-bond donors (Lipinski definition) is 2. The lowest BCUT2D eigenvalue weighted by atomic mass is 9.95. The predicted molar refractivity (Wildman–Crippen MR) is 106 cm³/mol. The lowest BCUT2D eigenvalue weighted by Gasteiger charge is -2.40. The van der Waals surface area contributed by atoms with Gasteiger partial charge in [-0.05, 0) is 31.2 Å². The molecule has 3 rings (SSSR count). The first-order chi connectivity index (χ1) is 13.2. The summed E-state index contributed by atoms with van der Waals surface area (Å²) >= 11 is 0. The number of nitrogens with zero attached hydrogens (tertiary/aromatic N) is 2. The first kappa shape index (κ1) is 19.7. The van der Waals surface area contributed by atoms with Crippen LogP contribution in [-0.4, -0.2) is 60.5 Å². The molecule has 0 radical (unpaired) electrons. The van der Waals surface area contributed by atoms with E-state index in [1.54, 1.807) is 0 Å². The Kier molecular flexibility index (Phi) is 7.10. The Morgan fingerprint density at radius 3 is 2.33 bits per heavy atom. The second-order valence-electron chi connectivity index (χ2n) is 7.55. The Balaban J connectivity index is 1.60. The lowest BCUT2D eigenvalue weighted by molar-refractivity contribution is -0.129. The Morgan fingerprint density at radius 1 is 1.04 bits per heavy atom. The summed E-state index contributed by atoms with van der Waals surface area (Å²) in [4.78, 5) is 29.3. The van der Waals surface area contributed by atoms with Crippen LogP contribution in [0.3, 0.4) is 0 Å². The third-order valence-corrected chi connectivity index (χ3v) is 5.75. The van der Waals surface area contributed by atoms with Crippen LogP contribution in [0.4, 0.5) is 4.79 Å². The molecule has 1 aliphatic heterocycles. The van der Waals surface area contributed by atoms with Crippen LogP contribution in [0.1, 0.15) is 38.2 Å². The van der Waals surface area contributed by atoms with Gasteiger partial charge in [-0.3, -0.25) is 9.69 Å². The first-order valence-electron chi connectivity index (χ1n) is 10.3. The van der Waals surface area contributed by atoms with Crippen molar-refractivity contribution in [2.75, 3.05) is 32.7 Å². The number of urea groups is 1. The molecule has 2 aliphatic rings. The highest BCUT2D eigenvalue weighted by molar-refractivity contribution is 5.82. The van der Waals surface area contributed by atoms with E-state index in [0.29, 0.717) is 32.1 Å². The van der Waals surface area contributed by atoms with Gasteiger partial charge in [-0.15, -0.1) is 0 Å². The fourth-order valence-electron chi connectivity index (χ4n) is 4.31. The van der Waals surface area contributed by atoms with E-state index in [4.69, 9.17) is 0 Å². The van der Waals surface area contributed by atoms with E-state index < -0.39 is 0 Å². The monoisotopic (exact) mass is 372 g/mol. The van der Waals surface area contributed by atoms with E-state index in [0.717, 1.165) is 31.5 Å². The Bertz CT molecular complexity index is 608. The zero-order chi connectivity index (χ0) is 19.1. The maximum absolute atomic E-state index is 13.1. The third-order valence-electron chi connectivity index (χ3n) is 5.75. The number of rotatable bonds is 6. The molecule has 0 bridgehead atoms. The summed E-state index contributed by atoms with van der Waals surface area (Å²) < 4.78 is 0. The summed E-state index contributed by atoms with van der Waals surface area (Å²) in [6.07, 6.45) is 4.68. The van der Waals surface area contributed by atoms with Gasteiger partial charge in [0.1, 0.15) is 0 Å². The highest BCUT2D eigenvalue weighted by atomic mass is 16.2. The molecule has 3 amide bonds. The number of benzene rings is 1. The van der Waals surface area contributed by atoms with Gasteiger partial charge in [-0.25, -0.2) is 4.79 Å². The van der Waals surface area contributed by atoms with Gasteiger partial charge < -0.3 is 15.5 Å². The molecular weight excluding hydrogens is 340 g/mol. The van der Waals surface area contributed by atoms with Gasteiger partial charge >= 0.3 is 6.03 Å². The molecule has 6 nitrogen and oxygen atoms in total. The Morgan fingerprint density at radius 2 is 1.70 bits per heavy atom. The average Bonchev–Trinajstić information content (AvgIpc) is 3.22. The highest BCUT2D eigenvalue weighted by Gasteiger charge is 2.37. The van der Waals surface area contributed by atoms with Crippen LogP contribution in [0.25, 0.3) is 0 Å². The summed E-state index contributed by atoms with van der Waals surface area (Å²) in [6.45, 7) is 6.03. The van der Waals surface area contributed by atoms with Gasteiger partial charge in [0.15, 0.2) is 0 Å². The fraction of sp³-hybridized carbons (Fsp3) is 0.619. The lowest BCUT2D eigenvalue weighted by Crippen LogP contribution is -2.58. The second kappa shape index (κ2) is 9.74. The van der Waals surface area contributed by atoms with Crippen molar-refractivity contribution >= 4 is 11.9 Å². The van der Waals surface area contributed by atoms with Crippen molar-refractivity contribution in [2.45, 2.75) is 45.2 Å². The normalized spacial score (nSPS) is 19.7. The van der Waals surface area contributed by atoms with Crippen LogP contribution in [0.5, 0.6) is 0 Å². The van der Waals surface area contributed by atoms with Crippen molar-refractivity contribution in [3.8, 4) is 0 Å². The van der Waals surface area contributed by atoms with Gasteiger partial charge in [0.25, 0.3) is 0 Å². The van der Waals surface area contributed by atoms with E-state index in [2.05, 4.69) is 15.5 Å². The van der Waals surface area contributed by atoms with Crippen LogP contribution in [0.2, 0.25) is 0 Å². The molecule has 148 valence electrons. The molecular formula is C21H32N4O2. The molecule has 0 spiro atoms. The smallest absolute Gasteiger partial charge is 0.317 e. The molecule has 2 N–H and O–H groups in total. The number of carbonyl (C=O) groups excluding carboxylic acids is 2. The second-order valence-corrected chi connectivity index (χ2v) is 7.55.